The van der Waals surface area contributed by atoms with Crippen molar-refractivity contribution in [2.45, 2.75) is 13.3 Å². The minimum absolute atomic E-state index is 1.07. The lowest BCUT2D eigenvalue weighted by Crippen LogP contribution is -1.96. The third kappa shape index (κ3) is 1.48. The van der Waals surface area contributed by atoms with Gasteiger partial charge in [0.25, 0.3) is 0 Å². The molecule has 0 saturated carbocycles. The molecule has 0 amide bonds. The Labute approximate surface area is 118 Å². The summed E-state index contributed by atoms with van der Waals surface area (Å²) >= 11 is 0. The van der Waals surface area contributed by atoms with E-state index in [1.807, 2.05) is 0 Å². The van der Waals surface area contributed by atoms with Gasteiger partial charge in [0.05, 0.1) is 0 Å². The molecular weight excluding hydrogens is 240 g/mol. The van der Waals surface area contributed by atoms with Crippen molar-refractivity contribution in [1.82, 2.24) is 0 Å². The van der Waals surface area contributed by atoms with E-state index in [1.165, 1.54) is 37.6 Å². The Morgan fingerprint density at radius 3 is 2.10 bits per heavy atom. The number of fused-ring (bicyclic) bond motifs is 2. The lowest BCUT2D eigenvalue weighted by atomic mass is 9.91. The van der Waals surface area contributed by atoms with Gasteiger partial charge in [0.2, 0.25) is 0 Å². The Kier molecular flexibility index (Phi) is 2.50. The highest BCUT2D eigenvalue weighted by Crippen LogP contribution is 2.28. The highest BCUT2D eigenvalue weighted by atomic mass is 14.1. The number of rotatable bonds is 2. The molecule has 0 saturated heterocycles. The number of aryl methyl sites for hydroxylation is 1. The fraction of sp³-hybridized carbons (Fsp3) is 0.100. The second kappa shape index (κ2) is 4.35. The van der Waals surface area contributed by atoms with Gasteiger partial charge < -0.3 is 0 Å². The molecule has 0 nitrogen and oxygen atoms in total. The molecule has 0 heterocycles. The lowest BCUT2D eigenvalue weighted by molar-refractivity contribution is 1.14. The fourth-order valence-electron chi connectivity index (χ4n) is 3.26. The SMILES string of the molecule is CCc1ccccc1-c1cccc2c1=c1ccccc1=2. The van der Waals surface area contributed by atoms with Gasteiger partial charge in [-0.15, -0.1) is 0 Å². The predicted octanol–water partition coefficient (Wildman–Crippen LogP) is 4.80. The molecule has 1 aliphatic rings. The Balaban J connectivity index is 2.13. The summed E-state index contributed by atoms with van der Waals surface area (Å²) in [6.45, 7) is 2.22. The van der Waals surface area contributed by atoms with E-state index in [1.54, 1.807) is 0 Å². The van der Waals surface area contributed by atoms with Crippen LogP contribution in [0, 0.1) is 20.9 Å². The maximum absolute atomic E-state index is 2.25. The van der Waals surface area contributed by atoms with E-state index in [4.69, 9.17) is 0 Å². The van der Waals surface area contributed by atoms with E-state index in [-0.39, 0.29) is 0 Å². The van der Waals surface area contributed by atoms with Crippen molar-refractivity contribution in [3.05, 3.63) is 93.2 Å². The first-order chi connectivity index (χ1) is 9.90. The van der Waals surface area contributed by atoms with Crippen LogP contribution in [0.1, 0.15) is 12.5 Å². The Hall–Kier alpha value is -2.34. The zero-order valence-corrected chi connectivity index (χ0v) is 11.6. The molecule has 3 aromatic carbocycles. The summed E-state index contributed by atoms with van der Waals surface area (Å²) in [5.41, 5.74) is 4.17. The Morgan fingerprint density at radius 1 is 0.600 bits per heavy atom. The van der Waals surface area contributed by atoms with Crippen molar-refractivity contribution in [3.63, 3.8) is 0 Å². The molecule has 0 radical (unpaired) electrons. The molecule has 0 aliphatic heterocycles. The van der Waals surface area contributed by atoms with Crippen LogP contribution in [0.4, 0.5) is 0 Å². The van der Waals surface area contributed by atoms with Gasteiger partial charge in [-0.05, 0) is 44.0 Å². The van der Waals surface area contributed by atoms with Crippen LogP contribution in [0.15, 0.2) is 66.7 Å². The van der Waals surface area contributed by atoms with Crippen molar-refractivity contribution in [1.29, 1.82) is 0 Å². The normalized spacial score (nSPS) is 11.4. The zero-order chi connectivity index (χ0) is 13.5. The fourth-order valence-corrected chi connectivity index (χ4v) is 3.26. The van der Waals surface area contributed by atoms with Crippen LogP contribution in [-0.4, -0.2) is 0 Å². The van der Waals surface area contributed by atoms with Gasteiger partial charge in [-0.1, -0.05) is 73.7 Å². The quantitative estimate of drug-likeness (QED) is 0.483. The van der Waals surface area contributed by atoms with E-state index in [0.29, 0.717) is 0 Å². The average molecular weight is 256 g/mol. The lowest BCUT2D eigenvalue weighted by Gasteiger charge is -2.13. The summed E-state index contributed by atoms with van der Waals surface area (Å²) in [7, 11) is 0. The van der Waals surface area contributed by atoms with Gasteiger partial charge >= 0.3 is 0 Å². The van der Waals surface area contributed by atoms with E-state index in [2.05, 4.69) is 73.7 Å². The third-order valence-electron chi connectivity index (χ3n) is 4.24. The van der Waals surface area contributed by atoms with Crippen LogP contribution in [0.5, 0.6) is 0 Å². The monoisotopic (exact) mass is 256 g/mol. The molecule has 0 unspecified atom stereocenters. The van der Waals surface area contributed by atoms with Crippen molar-refractivity contribution >= 4 is 0 Å². The van der Waals surface area contributed by atoms with Gasteiger partial charge in [0, 0.05) is 0 Å². The van der Waals surface area contributed by atoms with Gasteiger partial charge in [0.15, 0.2) is 0 Å². The zero-order valence-electron chi connectivity index (χ0n) is 11.6. The van der Waals surface area contributed by atoms with Gasteiger partial charge in [-0.3, -0.25) is 0 Å². The molecule has 1 aliphatic carbocycles. The van der Waals surface area contributed by atoms with Crippen molar-refractivity contribution < 1.29 is 0 Å². The maximum Gasteiger partial charge on any atom is -0.00203 e. The van der Waals surface area contributed by atoms with Crippen molar-refractivity contribution in [2.24, 2.45) is 0 Å². The molecule has 0 N–H and O–H groups in total. The Morgan fingerprint density at radius 2 is 1.25 bits per heavy atom. The molecule has 0 fully saturated rings. The van der Waals surface area contributed by atoms with E-state index in [0.717, 1.165) is 6.42 Å². The van der Waals surface area contributed by atoms with Crippen molar-refractivity contribution in [2.75, 3.05) is 0 Å². The molecule has 0 atom stereocenters. The summed E-state index contributed by atoms with van der Waals surface area (Å²) in [6.07, 6.45) is 1.07. The van der Waals surface area contributed by atoms with Crippen LogP contribution >= 0.6 is 0 Å². The second-order valence-electron chi connectivity index (χ2n) is 5.28. The van der Waals surface area contributed by atoms with E-state index >= 15 is 0 Å². The highest BCUT2D eigenvalue weighted by molar-refractivity contribution is 5.69. The largest absolute Gasteiger partial charge is 0.0620 e. The first-order valence-corrected chi connectivity index (χ1v) is 7.21. The molecule has 3 aromatic rings. The summed E-state index contributed by atoms with van der Waals surface area (Å²) in [5.74, 6) is 0. The van der Waals surface area contributed by atoms with Gasteiger partial charge in [0.1, 0.15) is 0 Å². The molecule has 20 heavy (non-hydrogen) atoms. The second-order valence-corrected chi connectivity index (χ2v) is 5.28. The minimum atomic E-state index is 1.07. The average Bonchev–Trinajstić information content (AvgIpc) is 2.51. The number of hydrogen-bond donors (Lipinski definition) is 0. The van der Waals surface area contributed by atoms with Crippen LogP contribution in [-0.2, 0) is 6.42 Å². The summed E-state index contributed by atoms with van der Waals surface area (Å²) in [6, 6.07) is 24.1. The van der Waals surface area contributed by atoms with E-state index < -0.39 is 0 Å². The number of hydrogen-bond acceptors (Lipinski definition) is 0. The van der Waals surface area contributed by atoms with Gasteiger partial charge in [-0.2, -0.15) is 0 Å². The molecule has 0 aromatic heterocycles. The van der Waals surface area contributed by atoms with E-state index in [9.17, 15) is 0 Å². The maximum atomic E-state index is 2.25. The predicted molar refractivity (Wildman–Crippen MR) is 83.0 cm³/mol. The van der Waals surface area contributed by atoms with Crippen LogP contribution in [0.2, 0.25) is 0 Å². The summed E-state index contributed by atoms with van der Waals surface area (Å²) in [5, 5.41) is 5.59. The summed E-state index contributed by atoms with van der Waals surface area (Å²) < 4.78 is 0. The molecule has 4 rings (SSSR count). The molecule has 0 spiro atoms. The molecule has 0 heteroatoms. The smallest absolute Gasteiger partial charge is 0.00203 e. The number of benzene rings is 3. The molecule has 0 bridgehead atoms. The Bertz CT molecular complexity index is 981. The first kappa shape index (κ1) is 11.5. The minimum Gasteiger partial charge on any atom is -0.0620 e. The standard InChI is InChI=1S/C20H16/c1-2-14-8-3-4-9-15(14)17-12-7-13-19-16-10-5-6-11-18(16)20(17)19/h3-13H,2H2,1H3. The summed E-state index contributed by atoms with van der Waals surface area (Å²) in [4.78, 5) is 0. The van der Waals surface area contributed by atoms with Crippen LogP contribution < -0.4 is 0 Å². The molecular formula is C20H16. The topological polar surface area (TPSA) is 0 Å². The van der Waals surface area contributed by atoms with Crippen molar-refractivity contribution in [3.8, 4) is 11.1 Å². The first-order valence-electron chi connectivity index (χ1n) is 7.21. The van der Waals surface area contributed by atoms with Crippen LogP contribution in [0.3, 0.4) is 0 Å². The highest BCUT2D eigenvalue weighted by Gasteiger charge is 2.10. The van der Waals surface area contributed by atoms with Gasteiger partial charge in [-0.25, -0.2) is 0 Å². The molecule has 96 valence electrons. The third-order valence-corrected chi connectivity index (χ3v) is 4.24. The van der Waals surface area contributed by atoms with Crippen LogP contribution in [0.25, 0.3) is 11.1 Å².